The van der Waals surface area contributed by atoms with Crippen molar-refractivity contribution in [3.63, 3.8) is 0 Å². The van der Waals surface area contributed by atoms with Gasteiger partial charge in [-0.25, -0.2) is 5.43 Å². The van der Waals surface area contributed by atoms with Gasteiger partial charge in [0.1, 0.15) is 0 Å². The van der Waals surface area contributed by atoms with Crippen LogP contribution in [-0.2, 0) is 0 Å². The molecule has 0 bridgehead atoms. The zero-order chi connectivity index (χ0) is 23.2. The average Bonchev–Trinajstić information content (AvgIpc) is 3.25. The van der Waals surface area contributed by atoms with E-state index >= 15 is 0 Å². The van der Waals surface area contributed by atoms with E-state index in [-0.39, 0.29) is 5.91 Å². The summed E-state index contributed by atoms with van der Waals surface area (Å²) >= 11 is 0. The average molecular weight is 440 g/mol. The first-order valence-electron chi connectivity index (χ1n) is 10.5. The van der Waals surface area contributed by atoms with E-state index in [1.54, 1.807) is 44.7 Å². The third kappa shape index (κ3) is 4.80. The molecule has 0 spiro atoms. The van der Waals surface area contributed by atoms with Gasteiger partial charge in [-0.3, -0.25) is 4.79 Å². The first-order valence-corrected chi connectivity index (χ1v) is 10.5. The largest absolute Gasteiger partial charge is 0.493 e. The highest BCUT2D eigenvalue weighted by Crippen LogP contribution is 2.27. The lowest BCUT2D eigenvalue weighted by atomic mass is 10.1. The number of carbonyl (C=O) groups is 1. The molecule has 0 aliphatic rings. The Morgan fingerprint density at radius 3 is 2.30 bits per heavy atom. The molecule has 0 saturated heterocycles. The molecule has 0 saturated carbocycles. The Morgan fingerprint density at radius 1 is 0.879 bits per heavy atom. The number of nitrogens with one attached hydrogen (secondary N) is 1. The molecule has 6 nitrogen and oxygen atoms in total. The van der Waals surface area contributed by atoms with Crippen LogP contribution in [0.5, 0.6) is 11.5 Å². The molecule has 0 aliphatic carbocycles. The van der Waals surface area contributed by atoms with Crippen LogP contribution in [-0.4, -0.2) is 30.9 Å². The monoisotopic (exact) mass is 439 g/mol. The summed E-state index contributed by atoms with van der Waals surface area (Å²) in [5.41, 5.74) is 8.21. The fourth-order valence-electron chi connectivity index (χ4n) is 3.64. The number of methoxy groups -OCH3 is 2. The first kappa shape index (κ1) is 21.9. The Bertz CT molecular complexity index is 1280. The standard InChI is InChI=1S/C27H25N3O3/c1-19-9-15-24(21-7-5-4-6-8-21)30(19)23-13-11-22(12-14-23)27(31)29-28-18-20-10-16-25(32-2)26(17-20)33-3/h4-18H,1-3H3,(H,29,31)/b28-18+. The number of carbonyl (C=O) groups excluding carboxylic acids is 1. The Morgan fingerprint density at radius 2 is 1.61 bits per heavy atom. The molecule has 33 heavy (non-hydrogen) atoms. The maximum atomic E-state index is 12.5. The molecule has 0 aliphatic heterocycles. The van der Waals surface area contributed by atoms with Crippen molar-refractivity contribution in [1.29, 1.82) is 0 Å². The quantitative estimate of drug-likeness (QED) is 0.317. The third-order valence-corrected chi connectivity index (χ3v) is 5.32. The number of nitrogens with zero attached hydrogens (tertiary/aromatic N) is 2. The number of benzene rings is 3. The molecule has 3 aromatic carbocycles. The second-order valence-electron chi connectivity index (χ2n) is 7.42. The molecule has 4 aromatic rings. The zero-order valence-corrected chi connectivity index (χ0v) is 18.8. The Labute approximate surface area is 193 Å². The minimum Gasteiger partial charge on any atom is -0.493 e. The number of aromatic nitrogens is 1. The minimum absolute atomic E-state index is 0.286. The van der Waals surface area contributed by atoms with Crippen molar-refractivity contribution in [2.45, 2.75) is 6.92 Å². The summed E-state index contributed by atoms with van der Waals surface area (Å²) in [6.45, 7) is 2.07. The normalized spacial score (nSPS) is 10.9. The van der Waals surface area contributed by atoms with Crippen molar-refractivity contribution in [2.75, 3.05) is 14.2 Å². The molecule has 6 heteroatoms. The summed E-state index contributed by atoms with van der Waals surface area (Å²) < 4.78 is 12.7. The van der Waals surface area contributed by atoms with Gasteiger partial charge in [0.2, 0.25) is 0 Å². The van der Waals surface area contributed by atoms with E-state index in [1.165, 1.54) is 0 Å². The predicted octanol–water partition coefficient (Wildman–Crippen LogP) is 5.23. The topological polar surface area (TPSA) is 64.8 Å². The second-order valence-corrected chi connectivity index (χ2v) is 7.42. The molecule has 1 heterocycles. The number of ether oxygens (including phenoxy) is 2. The van der Waals surface area contributed by atoms with Crippen LogP contribution in [0.1, 0.15) is 21.6 Å². The Hall–Kier alpha value is -4.32. The van der Waals surface area contributed by atoms with E-state index in [9.17, 15) is 4.79 Å². The summed E-state index contributed by atoms with van der Waals surface area (Å²) in [5, 5.41) is 4.06. The van der Waals surface area contributed by atoms with E-state index in [4.69, 9.17) is 9.47 Å². The Balaban J connectivity index is 1.48. The highest BCUT2D eigenvalue weighted by atomic mass is 16.5. The summed E-state index contributed by atoms with van der Waals surface area (Å²) in [6.07, 6.45) is 1.56. The summed E-state index contributed by atoms with van der Waals surface area (Å²) in [4.78, 5) is 12.5. The maximum absolute atomic E-state index is 12.5. The highest BCUT2D eigenvalue weighted by molar-refractivity contribution is 5.95. The van der Waals surface area contributed by atoms with Gasteiger partial charge >= 0.3 is 0 Å². The van der Waals surface area contributed by atoms with Gasteiger partial charge in [0.15, 0.2) is 11.5 Å². The maximum Gasteiger partial charge on any atom is 0.271 e. The van der Waals surface area contributed by atoms with Crippen LogP contribution in [0.4, 0.5) is 0 Å². The van der Waals surface area contributed by atoms with Crippen molar-refractivity contribution in [1.82, 2.24) is 9.99 Å². The van der Waals surface area contributed by atoms with Gasteiger partial charge in [0, 0.05) is 16.9 Å². The molecule has 0 fully saturated rings. The molecule has 0 atom stereocenters. The molecule has 0 radical (unpaired) electrons. The first-order chi connectivity index (χ1) is 16.1. The zero-order valence-electron chi connectivity index (χ0n) is 18.8. The Kier molecular flexibility index (Phi) is 6.55. The van der Waals surface area contributed by atoms with Gasteiger partial charge < -0.3 is 14.0 Å². The predicted molar refractivity (Wildman–Crippen MR) is 131 cm³/mol. The van der Waals surface area contributed by atoms with Gasteiger partial charge in [0.25, 0.3) is 5.91 Å². The van der Waals surface area contributed by atoms with Crippen molar-refractivity contribution >= 4 is 12.1 Å². The second kappa shape index (κ2) is 9.87. The molecule has 0 unspecified atom stereocenters. The van der Waals surface area contributed by atoms with Gasteiger partial charge in [-0.2, -0.15) is 5.10 Å². The van der Waals surface area contributed by atoms with E-state index in [0.717, 1.165) is 28.2 Å². The third-order valence-electron chi connectivity index (χ3n) is 5.32. The summed E-state index contributed by atoms with van der Waals surface area (Å²) in [6, 6.07) is 27.3. The van der Waals surface area contributed by atoms with Crippen molar-refractivity contribution < 1.29 is 14.3 Å². The lowest BCUT2D eigenvalue weighted by molar-refractivity contribution is 0.0955. The fourth-order valence-corrected chi connectivity index (χ4v) is 3.64. The number of hydrazone groups is 1. The van der Waals surface area contributed by atoms with Crippen LogP contribution in [0.3, 0.4) is 0 Å². The number of hydrogen-bond donors (Lipinski definition) is 1. The molecule has 1 N–H and O–H groups in total. The minimum atomic E-state index is -0.286. The van der Waals surface area contributed by atoms with Gasteiger partial charge in [-0.05, 0) is 72.6 Å². The van der Waals surface area contributed by atoms with Crippen LogP contribution in [0.2, 0.25) is 0 Å². The summed E-state index contributed by atoms with van der Waals surface area (Å²) in [7, 11) is 3.15. The van der Waals surface area contributed by atoms with Crippen molar-refractivity contribution in [3.05, 3.63) is 102 Å². The van der Waals surface area contributed by atoms with E-state index in [1.807, 2.05) is 36.4 Å². The van der Waals surface area contributed by atoms with E-state index in [2.05, 4.69) is 46.3 Å². The smallest absolute Gasteiger partial charge is 0.271 e. The number of rotatable bonds is 7. The fraction of sp³-hybridized carbons (Fsp3) is 0.111. The number of hydrogen-bond acceptors (Lipinski definition) is 4. The molecule has 1 amide bonds. The van der Waals surface area contributed by atoms with E-state index in [0.29, 0.717) is 17.1 Å². The molecule has 1 aromatic heterocycles. The van der Waals surface area contributed by atoms with Crippen LogP contribution in [0.15, 0.2) is 90.0 Å². The SMILES string of the molecule is COc1ccc(/C=N/NC(=O)c2ccc(-n3c(C)ccc3-c3ccccc3)cc2)cc1OC. The lowest BCUT2D eigenvalue weighted by Gasteiger charge is -2.12. The van der Waals surface area contributed by atoms with Gasteiger partial charge in [-0.1, -0.05) is 30.3 Å². The van der Waals surface area contributed by atoms with Crippen LogP contribution in [0, 0.1) is 6.92 Å². The molecule has 166 valence electrons. The number of amides is 1. The van der Waals surface area contributed by atoms with Crippen LogP contribution in [0.25, 0.3) is 16.9 Å². The van der Waals surface area contributed by atoms with Crippen molar-refractivity contribution in [2.24, 2.45) is 5.10 Å². The number of aryl methyl sites for hydroxylation is 1. The lowest BCUT2D eigenvalue weighted by Crippen LogP contribution is -2.17. The molecular weight excluding hydrogens is 414 g/mol. The van der Waals surface area contributed by atoms with Gasteiger partial charge in [0.05, 0.1) is 26.1 Å². The highest BCUT2D eigenvalue weighted by Gasteiger charge is 2.11. The van der Waals surface area contributed by atoms with Crippen molar-refractivity contribution in [3.8, 4) is 28.4 Å². The summed E-state index contributed by atoms with van der Waals surface area (Å²) in [5.74, 6) is 0.941. The van der Waals surface area contributed by atoms with Gasteiger partial charge in [-0.15, -0.1) is 0 Å². The van der Waals surface area contributed by atoms with E-state index < -0.39 is 0 Å². The van der Waals surface area contributed by atoms with Crippen LogP contribution >= 0.6 is 0 Å². The molecular formula is C27H25N3O3. The van der Waals surface area contributed by atoms with Crippen LogP contribution < -0.4 is 14.9 Å². The molecule has 4 rings (SSSR count).